The first-order valence-electron chi connectivity index (χ1n) is 12.3. The Bertz CT molecular complexity index is 1150. The fourth-order valence-electron chi connectivity index (χ4n) is 4.34. The molecule has 2 N–H and O–H groups in total. The first-order chi connectivity index (χ1) is 16.6. The molecule has 1 aliphatic heterocycles. The molecule has 2 aromatic heterocycles. The number of carbonyl (C=O) groups excluding carboxylic acids is 1. The number of imidazole rings is 1. The minimum atomic E-state index is -0.286. The zero-order valence-electron chi connectivity index (χ0n) is 21.3. The van der Waals surface area contributed by atoms with Gasteiger partial charge in [-0.3, -0.25) is 9.69 Å². The molecule has 1 amide bonds. The number of nitrogens with one attached hydrogen (secondary N) is 2. The van der Waals surface area contributed by atoms with E-state index in [9.17, 15) is 9.18 Å². The molecule has 1 aliphatic rings. The van der Waals surface area contributed by atoms with Crippen molar-refractivity contribution in [2.45, 2.75) is 58.5 Å². The summed E-state index contributed by atoms with van der Waals surface area (Å²) in [5, 5.41) is 12.0. The van der Waals surface area contributed by atoms with Crippen LogP contribution in [0.1, 0.15) is 47.0 Å². The SMILES string of the molecule is C[C@@H]1CCCCN1CCNC(=O)CN(C)c1nn2c(NC(C)(C)C)c(-c3ccc(F)cc3)nc2s1. The van der Waals surface area contributed by atoms with Crippen molar-refractivity contribution in [1.82, 2.24) is 24.8 Å². The fraction of sp³-hybridized carbons (Fsp3) is 0.560. The van der Waals surface area contributed by atoms with Gasteiger partial charge in [-0.05, 0) is 71.3 Å². The minimum absolute atomic E-state index is 0.0231. The van der Waals surface area contributed by atoms with Crippen molar-refractivity contribution in [3.8, 4) is 11.3 Å². The minimum Gasteiger partial charge on any atom is -0.364 e. The summed E-state index contributed by atoms with van der Waals surface area (Å²) in [5.74, 6) is 0.436. The second-order valence-electron chi connectivity index (χ2n) is 10.4. The first-order valence-corrected chi connectivity index (χ1v) is 13.1. The highest BCUT2D eigenvalue weighted by atomic mass is 32.1. The predicted molar refractivity (Wildman–Crippen MR) is 141 cm³/mol. The average molecular weight is 502 g/mol. The Balaban J connectivity index is 1.45. The van der Waals surface area contributed by atoms with E-state index in [2.05, 4.69) is 43.2 Å². The number of benzene rings is 1. The summed E-state index contributed by atoms with van der Waals surface area (Å²) in [4.78, 5) is 22.4. The van der Waals surface area contributed by atoms with Gasteiger partial charge in [0.25, 0.3) is 0 Å². The number of fused-ring (bicyclic) bond motifs is 1. The summed E-state index contributed by atoms with van der Waals surface area (Å²) >= 11 is 1.42. The number of carbonyl (C=O) groups is 1. The highest BCUT2D eigenvalue weighted by Crippen LogP contribution is 2.34. The molecule has 0 spiro atoms. The van der Waals surface area contributed by atoms with Crippen molar-refractivity contribution in [3.63, 3.8) is 0 Å². The Kier molecular flexibility index (Phi) is 7.61. The van der Waals surface area contributed by atoms with Crippen molar-refractivity contribution in [3.05, 3.63) is 30.1 Å². The van der Waals surface area contributed by atoms with Crippen LogP contribution in [0.15, 0.2) is 24.3 Å². The molecule has 3 aromatic rings. The van der Waals surface area contributed by atoms with E-state index in [4.69, 9.17) is 10.1 Å². The number of hydrogen-bond donors (Lipinski definition) is 2. The zero-order valence-corrected chi connectivity index (χ0v) is 22.1. The molecule has 0 bridgehead atoms. The molecular formula is C25H36FN7OS. The molecule has 4 rings (SSSR count). The highest BCUT2D eigenvalue weighted by molar-refractivity contribution is 7.20. The molecule has 0 saturated carbocycles. The van der Waals surface area contributed by atoms with Crippen molar-refractivity contribution in [2.75, 3.05) is 43.4 Å². The van der Waals surface area contributed by atoms with E-state index in [1.807, 2.05) is 11.9 Å². The molecule has 1 aromatic carbocycles. The second kappa shape index (κ2) is 10.5. The molecule has 0 unspecified atom stereocenters. The maximum atomic E-state index is 13.5. The topological polar surface area (TPSA) is 77.8 Å². The van der Waals surface area contributed by atoms with E-state index in [-0.39, 0.29) is 23.8 Å². The van der Waals surface area contributed by atoms with E-state index in [1.54, 1.807) is 16.6 Å². The molecule has 10 heteroatoms. The van der Waals surface area contributed by atoms with Gasteiger partial charge in [0.2, 0.25) is 16.0 Å². The lowest BCUT2D eigenvalue weighted by atomic mass is 10.0. The van der Waals surface area contributed by atoms with E-state index in [0.717, 1.165) is 30.2 Å². The van der Waals surface area contributed by atoms with Gasteiger partial charge in [0.1, 0.15) is 11.5 Å². The summed E-state index contributed by atoms with van der Waals surface area (Å²) in [6.07, 6.45) is 3.77. The fourth-order valence-corrected chi connectivity index (χ4v) is 5.20. The van der Waals surface area contributed by atoms with Gasteiger partial charge in [0, 0.05) is 37.3 Å². The lowest BCUT2D eigenvalue weighted by Crippen LogP contribution is -2.44. The number of piperidine rings is 1. The van der Waals surface area contributed by atoms with Crippen molar-refractivity contribution in [2.24, 2.45) is 0 Å². The predicted octanol–water partition coefficient (Wildman–Crippen LogP) is 4.23. The number of anilines is 2. The van der Waals surface area contributed by atoms with Gasteiger partial charge in [-0.25, -0.2) is 9.37 Å². The number of hydrogen-bond acceptors (Lipinski definition) is 7. The van der Waals surface area contributed by atoms with E-state index >= 15 is 0 Å². The molecule has 1 fully saturated rings. The molecule has 190 valence electrons. The summed E-state index contributed by atoms with van der Waals surface area (Å²) in [6, 6.07) is 6.89. The van der Waals surface area contributed by atoms with Crippen LogP contribution in [0.2, 0.25) is 0 Å². The van der Waals surface area contributed by atoms with Gasteiger partial charge in [-0.1, -0.05) is 17.8 Å². The van der Waals surface area contributed by atoms with Gasteiger partial charge in [-0.15, -0.1) is 5.10 Å². The Morgan fingerprint density at radius 3 is 2.69 bits per heavy atom. The average Bonchev–Trinajstić information content (AvgIpc) is 3.34. The van der Waals surface area contributed by atoms with E-state index in [1.165, 1.54) is 42.7 Å². The van der Waals surface area contributed by atoms with Crippen molar-refractivity contribution >= 4 is 33.2 Å². The van der Waals surface area contributed by atoms with Crippen LogP contribution in [0.25, 0.3) is 16.2 Å². The third-order valence-corrected chi connectivity index (χ3v) is 7.20. The number of nitrogens with zero attached hydrogens (tertiary/aromatic N) is 5. The third kappa shape index (κ3) is 6.29. The van der Waals surface area contributed by atoms with Crippen LogP contribution in [0.5, 0.6) is 0 Å². The van der Waals surface area contributed by atoms with E-state index < -0.39 is 0 Å². The summed E-state index contributed by atoms with van der Waals surface area (Å²) in [6.45, 7) is 11.3. The summed E-state index contributed by atoms with van der Waals surface area (Å²) in [5.41, 5.74) is 1.30. The Morgan fingerprint density at radius 1 is 1.26 bits per heavy atom. The zero-order chi connectivity index (χ0) is 25.2. The molecule has 0 radical (unpaired) electrons. The normalized spacial score (nSPS) is 17.0. The largest absolute Gasteiger partial charge is 0.364 e. The van der Waals surface area contributed by atoms with Gasteiger partial charge in [0.15, 0.2) is 5.82 Å². The lowest BCUT2D eigenvalue weighted by molar-refractivity contribution is -0.119. The quantitative estimate of drug-likeness (QED) is 0.481. The molecule has 1 atom stereocenters. The van der Waals surface area contributed by atoms with Crippen molar-refractivity contribution in [1.29, 1.82) is 0 Å². The van der Waals surface area contributed by atoms with Crippen LogP contribution in [0.4, 0.5) is 15.3 Å². The molecular weight excluding hydrogens is 465 g/mol. The number of halogens is 1. The summed E-state index contributed by atoms with van der Waals surface area (Å²) in [7, 11) is 1.86. The molecule has 0 aliphatic carbocycles. The Labute approximate surface area is 210 Å². The smallest absolute Gasteiger partial charge is 0.239 e. The monoisotopic (exact) mass is 501 g/mol. The van der Waals surface area contributed by atoms with Crippen LogP contribution in [-0.4, -0.2) is 70.2 Å². The standard InChI is InChI=1S/C25H36FN7OS/c1-17-8-6-7-14-32(17)15-13-27-20(34)16-31(5)24-30-33-22(29-25(2,3)4)21(28-23(33)35-24)18-9-11-19(26)12-10-18/h9-12,17,29H,6-8,13-16H2,1-5H3,(H,27,34)/t17-/m1/s1. The van der Waals surface area contributed by atoms with Crippen LogP contribution < -0.4 is 15.5 Å². The molecule has 35 heavy (non-hydrogen) atoms. The summed E-state index contributed by atoms with van der Waals surface area (Å²) < 4.78 is 15.2. The third-order valence-electron chi connectivity index (χ3n) is 6.17. The Hall–Kier alpha value is -2.72. The maximum absolute atomic E-state index is 13.5. The maximum Gasteiger partial charge on any atom is 0.239 e. The number of likely N-dealkylation sites (tertiary alicyclic amines) is 1. The highest BCUT2D eigenvalue weighted by Gasteiger charge is 2.23. The van der Waals surface area contributed by atoms with Crippen LogP contribution in [-0.2, 0) is 4.79 Å². The van der Waals surface area contributed by atoms with Gasteiger partial charge in [0.05, 0.1) is 6.54 Å². The molecule has 1 saturated heterocycles. The van der Waals surface area contributed by atoms with Crippen LogP contribution >= 0.6 is 11.3 Å². The number of likely N-dealkylation sites (N-methyl/N-ethyl adjacent to an activating group) is 1. The van der Waals surface area contributed by atoms with Gasteiger partial charge < -0.3 is 15.5 Å². The molecule has 3 heterocycles. The van der Waals surface area contributed by atoms with Crippen LogP contribution in [0.3, 0.4) is 0 Å². The molecule has 8 nitrogen and oxygen atoms in total. The van der Waals surface area contributed by atoms with Crippen molar-refractivity contribution < 1.29 is 9.18 Å². The number of amides is 1. The number of rotatable bonds is 8. The number of aromatic nitrogens is 3. The second-order valence-corrected chi connectivity index (χ2v) is 11.3. The Morgan fingerprint density at radius 2 is 2.00 bits per heavy atom. The van der Waals surface area contributed by atoms with Crippen LogP contribution in [0, 0.1) is 5.82 Å². The van der Waals surface area contributed by atoms with Gasteiger partial charge in [-0.2, -0.15) is 4.52 Å². The van der Waals surface area contributed by atoms with Gasteiger partial charge >= 0.3 is 0 Å². The van der Waals surface area contributed by atoms with E-state index in [0.29, 0.717) is 22.7 Å². The first kappa shape index (κ1) is 25.4. The lowest BCUT2D eigenvalue weighted by Gasteiger charge is -2.33.